The van der Waals surface area contributed by atoms with Gasteiger partial charge in [-0.3, -0.25) is 0 Å². The van der Waals surface area contributed by atoms with Crippen molar-refractivity contribution in [1.82, 2.24) is 0 Å². The Labute approximate surface area is 122 Å². The third-order valence-electron chi connectivity index (χ3n) is 2.47. The van der Waals surface area contributed by atoms with E-state index in [4.69, 9.17) is 0 Å². The molecule has 0 saturated heterocycles. The highest BCUT2D eigenvalue weighted by molar-refractivity contribution is 14.1. The molecule has 0 bridgehead atoms. The van der Waals surface area contributed by atoms with Gasteiger partial charge in [-0.2, -0.15) is 0 Å². The minimum absolute atomic E-state index is 0.130. The van der Waals surface area contributed by atoms with E-state index in [2.05, 4.69) is 15.9 Å². The molecule has 4 heteroatoms. The van der Waals surface area contributed by atoms with Crippen LogP contribution in [0.3, 0.4) is 0 Å². The molecule has 0 radical (unpaired) electrons. The minimum atomic E-state index is -0.817. The Balaban J connectivity index is 2.48. The molecule has 2 aromatic carbocycles. The van der Waals surface area contributed by atoms with E-state index in [1.807, 2.05) is 52.9 Å². The number of aliphatic hydroxyl groups is 1. The van der Waals surface area contributed by atoms with Crippen molar-refractivity contribution in [3.05, 3.63) is 61.6 Å². The zero-order valence-electron chi connectivity index (χ0n) is 8.77. The van der Waals surface area contributed by atoms with Gasteiger partial charge in [0.1, 0.15) is 11.9 Å². The first-order chi connectivity index (χ1) is 8.09. The molecule has 0 spiro atoms. The quantitative estimate of drug-likeness (QED) is 0.746. The fraction of sp³-hybridized carbons (Fsp3) is 0.0769. The second-order valence-corrected chi connectivity index (χ2v) is 5.72. The summed E-state index contributed by atoms with van der Waals surface area (Å²) in [4.78, 5) is 0. The molecule has 17 heavy (non-hydrogen) atoms. The molecule has 1 unspecified atom stereocenters. The van der Waals surface area contributed by atoms with E-state index in [-0.39, 0.29) is 5.75 Å². The van der Waals surface area contributed by atoms with E-state index < -0.39 is 6.10 Å². The molecule has 2 N–H and O–H groups in total. The van der Waals surface area contributed by atoms with Crippen LogP contribution in [0.15, 0.2) is 46.9 Å². The van der Waals surface area contributed by atoms with Crippen molar-refractivity contribution in [2.24, 2.45) is 0 Å². The van der Waals surface area contributed by atoms with Crippen molar-refractivity contribution >= 4 is 38.5 Å². The van der Waals surface area contributed by atoms with Gasteiger partial charge in [0.05, 0.1) is 3.57 Å². The van der Waals surface area contributed by atoms with Crippen molar-refractivity contribution in [3.8, 4) is 5.75 Å². The summed E-state index contributed by atoms with van der Waals surface area (Å²) in [6.45, 7) is 0. The molecule has 0 amide bonds. The van der Waals surface area contributed by atoms with Crippen molar-refractivity contribution in [2.45, 2.75) is 6.10 Å². The summed E-state index contributed by atoms with van der Waals surface area (Å²) in [5.74, 6) is 0.130. The third kappa shape index (κ3) is 2.81. The van der Waals surface area contributed by atoms with Gasteiger partial charge in [-0.15, -0.1) is 0 Å². The number of halogens is 2. The molecular formula is C13H10BrIO2. The average molecular weight is 405 g/mol. The first-order valence-corrected chi connectivity index (χ1v) is 6.87. The number of rotatable bonds is 2. The maximum atomic E-state index is 10.2. The highest BCUT2D eigenvalue weighted by Crippen LogP contribution is 2.35. The molecule has 2 nitrogen and oxygen atoms in total. The van der Waals surface area contributed by atoms with E-state index in [1.165, 1.54) is 0 Å². The number of aliphatic hydroxyl groups excluding tert-OH is 1. The van der Waals surface area contributed by atoms with Crippen LogP contribution in [0.5, 0.6) is 5.75 Å². The number of phenols is 1. The summed E-state index contributed by atoms with van der Waals surface area (Å²) in [7, 11) is 0. The van der Waals surface area contributed by atoms with Crippen LogP contribution in [0.1, 0.15) is 17.2 Å². The summed E-state index contributed by atoms with van der Waals surface area (Å²) >= 11 is 5.40. The van der Waals surface area contributed by atoms with E-state index in [9.17, 15) is 10.2 Å². The highest BCUT2D eigenvalue weighted by atomic mass is 127. The van der Waals surface area contributed by atoms with E-state index >= 15 is 0 Å². The highest BCUT2D eigenvalue weighted by Gasteiger charge is 2.17. The van der Waals surface area contributed by atoms with Crippen LogP contribution in [0.4, 0.5) is 0 Å². The second-order valence-electron chi connectivity index (χ2n) is 3.64. The smallest absolute Gasteiger partial charge is 0.135 e. The molecule has 0 aliphatic heterocycles. The fourth-order valence-electron chi connectivity index (χ4n) is 1.61. The molecule has 2 rings (SSSR count). The lowest BCUT2D eigenvalue weighted by Gasteiger charge is -2.14. The van der Waals surface area contributed by atoms with E-state index in [0.717, 1.165) is 10.0 Å². The van der Waals surface area contributed by atoms with Crippen LogP contribution in [-0.4, -0.2) is 10.2 Å². The molecule has 1 atom stereocenters. The normalized spacial score (nSPS) is 12.4. The average Bonchev–Trinajstić information content (AvgIpc) is 2.34. The Morgan fingerprint density at radius 3 is 2.41 bits per heavy atom. The second kappa shape index (κ2) is 5.37. The van der Waals surface area contributed by atoms with Gasteiger partial charge in [-0.25, -0.2) is 0 Å². The molecule has 0 aliphatic rings. The zero-order valence-corrected chi connectivity index (χ0v) is 12.5. The van der Waals surface area contributed by atoms with E-state index in [0.29, 0.717) is 9.13 Å². The van der Waals surface area contributed by atoms with Crippen molar-refractivity contribution in [1.29, 1.82) is 0 Å². The van der Waals surface area contributed by atoms with Gasteiger partial charge >= 0.3 is 0 Å². The summed E-state index contributed by atoms with van der Waals surface area (Å²) < 4.78 is 1.55. The summed E-state index contributed by atoms with van der Waals surface area (Å²) in [5.41, 5.74) is 1.27. The maximum absolute atomic E-state index is 10.2. The largest absolute Gasteiger partial charge is 0.506 e. The molecule has 2 aromatic rings. The van der Waals surface area contributed by atoms with Gasteiger partial charge < -0.3 is 10.2 Å². The first kappa shape index (κ1) is 12.9. The monoisotopic (exact) mass is 404 g/mol. The Kier molecular flexibility index (Phi) is 4.06. The Morgan fingerprint density at radius 2 is 1.76 bits per heavy atom. The molecule has 0 saturated carbocycles. The fourth-order valence-corrected chi connectivity index (χ4v) is 3.16. The third-order valence-corrected chi connectivity index (χ3v) is 3.75. The SMILES string of the molecule is Oc1c(I)cc(Br)cc1C(O)c1ccccc1. The van der Waals surface area contributed by atoms with Crippen LogP contribution < -0.4 is 0 Å². The maximum Gasteiger partial charge on any atom is 0.135 e. The molecule has 0 aromatic heterocycles. The lowest BCUT2D eigenvalue weighted by molar-refractivity contribution is 0.215. The molecular weight excluding hydrogens is 395 g/mol. The van der Waals surface area contributed by atoms with Crippen LogP contribution in [0.25, 0.3) is 0 Å². The topological polar surface area (TPSA) is 40.5 Å². The van der Waals surface area contributed by atoms with Gasteiger partial charge in [0.15, 0.2) is 0 Å². The molecule has 0 heterocycles. The summed E-state index contributed by atoms with van der Waals surface area (Å²) in [5, 5.41) is 20.2. The number of aromatic hydroxyl groups is 1. The number of phenolic OH excluding ortho intramolecular Hbond substituents is 1. The van der Waals surface area contributed by atoms with Crippen molar-refractivity contribution < 1.29 is 10.2 Å². The van der Waals surface area contributed by atoms with Crippen LogP contribution in [0, 0.1) is 3.57 Å². The lowest BCUT2D eigenvalue weighted by atomic mass is 10.0. The summed E-state index contributed by atoms with van der Waals surface area (Å²) in [6, 6.07) is 12.8. The van der Waals surface area contributed by atoms with Crippen molar-refractivity contribution in [2.75, 3.05) is 0 Å². The van der Waals surface area contributed by atoms with E-state index in [1.54, 1.807) is 12.1 Å². The van der Waals surface area contributed by atoms with Crippen LogP contribution in [0.2, 0.25) is 0 Å². The summed E-state index contributed by atoms with van der Waals surface area (Å²) in [6.07, 6.45) is -0.817. The van der Waals surface area contributed by atoms with Gasteiger partial charge in [-0.1, -0.05) is 46.3 Å². The standard InChI is InChI=1S/C13H10BrIO2/c14-9-6-10(13(17)11(15)7-9)12(16)8-4-2-1-3-5-8/h1-7,12,16-17H. The van der Waals surface area contributed by atoms with Crippen molar-refractivity contribution in [3.63, 3.8) is 0 Å². The Bertz CT molecular complexity index is 528. The number of hydrogen-bond donors (Lipinski definition) is 2. The number of hydrogen-bond acceptors (Lipinski definition) is 2. The van der Waals surface area contributed by atoms with Crippen LogP contribution in [-0.2, 0) is 0 Å². The number of benzene rings is 2. The Hall–Kier alpha value is -0.590. The molecule has 88 valence electrons. The molecule has 0 aliphatic carbocycles. The first-order valence-electron chi connectivity index (χ1n) is 5.00. The van der Waals surface area contributed by atoms with Gasteiger partial charge in [0, 0.05) is 10.0 Å². The van der Waals surface area contributed by atoms with Gasteiger partial charge in [-0.05, 0) is 40.3 Å². The predicted octanol–water partition coefficient (Wildman–Crippen LogP) is 3.84. The Morgan fingerprint density at radius 1 is 1.12 bits per heavy atom. The molecule has 0 fully saturated rings. The minimum Gasteiger partial charge on any atom is -0.506 e. The predicted molar refractivity (Wildman–Crippen MR) is 79.0 cm³/mol. The lowest BCUT2D eigenvalue weighted by Crippen LogP contribution is -2.00. The van der Waals surface area contributed by atoms with Gasteiger partial charge in [0.2, 0.25) is 0 Å². The van der Waals surface area contributed by atoms with Gasteiger partial charge in [0.25, 0.3) is 0 Å². The van der Waals surface area contributed by atoms with Crippen LogP contribution >= 0.6 is 38.5 Å². The zero-order chi connectivity index (χ0) is 12.4.